The summed E-state index contributed by atoms with van der Waals surface area (Å²) in [6.45, 7) is 3.08. The first-order chi connectivity index (χ1) is 10.0. The molecule has 1 aromatic rings. The van der Waals surface area contributed by atoms with Crippen LogP contribution in [0.5, 0.6) is 5.75 Å². The molecule has 0 unspecified atom stereocenters. The Bertz CT molecular complexity index is 371. The van der Waals surface area contributed by atoms with E-state index in [1.165, 1.54) is 44.9 Å². The third kappa shape index (κ3) is 9.25. The lowest BCUT2D eigenvalue weighted by Crippen LogP contribution is -2.00. The largest absolute Gasteiger partial charge is 0.494 e. The summed E-state index contributed by atoms with van der Waals surface area (Å²) in [6.07, 6.45) is 10.6. The van der Waals surface area contributed by atoms with E-state index in [2.05, 4.69) is 54.7 Å². The first-order valence-electron chi connectivity index (χ1n) is 7.84. The summed E-state index contributed by atoms with van der Waals surface area (Å²) in [4.78, 5) is 0. The van der Waals surface area contributed by atoms with Crippen molar-refractivity contribution in [2.75, 3.05) is 6.61 Å². The van der Waals surface area contributed by atoms with Crippen LogP contribution in [0, 0.1) is 0 Å². The Morgan fingerprint density at radius 1 is 0.810 bits per heavy atom. The molecule has 1 nitrogen and oxygen atoms in total. The van der Waals surface area contributed by atoms with Crippen LogP contribution in [0.15, 0.2) is 24.3 Å². The summed E-state index contributed by atoms with van der Waals surface area (Å²) < 4.78 is 5.43. The van der Waals surface area contributed by atoms with E-state index < -0.39 is 0 Å². The van der Waals surface area contributed by atoms with Crippen LogP contribution in [0.1, 0.15) is 63.9 Å². The summed E-state index contributed by atoms with van der Waals surface area (Å²) >= 11 is 10.5. The molecule has 21 heavy (non-hydrogen) atoms. The zero-order valence-electron chi connectivity index (χ0n) is 12.7. The Morgan fingerprint density at radius 2 is 1.33 bits per heavy atom. The number of rotatable bonds is 10. The van der Waals surface area contributed by atoms with Crippen molar-refractivity contribution in [3.8, 4) is 5.75 Å². The van der Waals surface area contributed by atoms with Crippen molar-refractivity contribution >= 4 is 47.8 Å². The molecular weight excluding hydrogens is 460 g/mol. The van der Waals surface area contributed by atoms with Gasteiger partial charge in [0.25, 0.3) is 0 Å². The molecule has 0 bridgehead atoms. The van der Waals surface area contributed by atoms with Crippen LogP contribution in [0.2, 0.25) is 0 Å². The lowest BCUT2D eigenvalue weighted by molar-refractivity contribution is 0.304. The number of halogens is 3. The third-order valence-electron chi connectivity index (χ3n) is 3.45. The Kier molecular flexibility index (Phi) is 10.3. The van der Waals surface area contributed by atoms with Gasteiger partial charge in [0.1, 0.15) is 5.75 Å². The van der Waals surface area contributed by atoms with E-state index in [4.69, 9.17) is 4.74 Å². The minimum Gasteiger partial charge on any atom is -0.494 e. The van der Waals surface area contributed by atoms with Gasteiger partial charge in [-0.25, -0.2) is 0 Å². The number of ether oxygens (including phenoxy) is 1. The van der Waals surface area contributed by atoms with Crippen molar-refractivity contribution in [1.82, 2.24) is 0 Å². The number of unbranched alkanes of at least 4 members (excludes halogenated alkanes) is 7. The zero-order valence-corrected chi connectivity index (χ0v) is 17.5. The molecule has 4 heteroatoms. The molecule has 0 atom stereocenters. The average Bonchev–Trinajstić information content (AvgIpc) is 2.45. The van der Waals surface area contributed by atoms with E-state index in [1.807, 2.05) is 24.3 Å². The molecule has 0 heterocycles. The molecule has 0 amide bonds. The standard InChI is InChI=1S/C17H25Br3O/c1-2-3-4-5-6-7-8-9-14-21-16-12-10-15(11-13-16)17(18,19)20/h10-13H,2-9,14H2,1H3. The highest BCUT2D eigenvalue weighted by atomic mass is 80.0. The molecule has 1 aromatic carbocycles. The van der Waals surface area contributed by atoms with E-state index in [0.29, 0.717) is 0 Å². The molecule has 120 valence electrons. The van der Waals surface area contributed by atoms with Gasteiger partial charge in [0.05, 0.1) is 6.61 Å². The Balaban J connectivity index is 2.08. The summed E-state index contributed by atoms with van der Waals surface area (Å²) in [5, 5.41) is 0. The van der Waals surface area contributed by atoms with Gasteiger partial charge in [0.15, 0.2) is 2.14 Å². The van der Waals surface area contributed by atoms with E-state index >= 15 is 0 Å². The van der Waals surface area contributed by atoms with E-state index in [0.717, 1.165) is 24.3 Å². The van der Waals surface area contributed by atoms with E-state index in [9.17, 15) is 0 Å². The molecule has 0 aliphatic rings. The van der Waals surface area contributed by atoms with E-state index in [-0.39, 0.29) is 2.14 Å². The molecule has 0 saturated carbocycles. The summed E-state index contributed by atoms with van der Waals surface area (Å²) in [6, 6.07) is 8.11. The van der Waals surface area contributed by atoms with E-state index in [1.54, 1.807) is 0 Å². The van der Waals surface area contributed by atoms with Crippen LogP contribution in [0.25, 0.3) is 0 Å². The maximum Gasteiger partial charge on any atom is 0.159 e. The zero-order chi connectivity index (χ0) is 15.6. The maximum atomic E-state index is 5.77. The summed E-state index contributed by atoms with van der Waals surface area (Å²) in [5.74, 6) is 0.943. The minimum atomic E-state index is -0.344. The molecule has 0 aliphatic heterocycles. The molecule has 0 N–H and O–H groups in total. The topological polar surface area (TPSA) is 9.23 Å². The van der Waals surface area contributed by atoms with Crippen LogP contribution in [-0.4, -0.2) is 6.61 Å². The van der Waals surface area contributed by atoms with Crippen LogP contribution < -0.4 is 4.74 Å². The Labute approximate surface area is 154 Å². The van der Waals surface area contributed by atoms with Crippen molar-refractivity contribution in [3.05, 3.63) is 29.8 Å². The SMILES string of the molecule is CCCCCCCCCCOc1ccc(C(Br)(Br)Br)cc1. The first kappa shape index (κ1) is 19.5. The quantitative estimate of drug-likeness (QED) is 0.247. The van der Waals surface area contributed by atoms with Gasteiger partial charge < -0.3 is 4.74 Å². The second-order valence-corrected chi connectivity index (χ2v) is 12.1. The molecular formula is C17H25Br3O. The van der Waals surface area contributed by atoms with Gasteiger partial charge in [-0.1, -0.05) is 112 Å². The van der Waals surface area contributed by atoms with Gasteiger partial charge in [-0.15, -0.1) is 0 Å². The number of hydrogen-bond donors (Lipinski definition) is 0. The van der Waals surface area contributed by atoms with Gasteiger partial charge >= 0.3 is 0 Å². The minimum absolute atomic E-state index is 0.344. The normalized spacial score (nSPS) is 11.6. The molecule has 0 radical (unpaired) electrons. The highest BCUT2D eigenvalue weighted by Crippen LogP contribution is 2.44. The lowest BCUT2D eigenvalue weighted by Gasteiger charge is -2.13. The summed E-state index contributed by atoms with van der Waals surface area (Å²) in [5.41, 5.74) is 1.11. The van der Waals surface area contributed by atoms with Crippen molar-refractivity contribution in [3.63, 3.8) is 0 Å². The highest BCUT2D eigenvalue weighted by molar-refractivity contribution is 9.38. The van der Waals surface area contributed by atoms with Crippen LogP contribution in [0.3, 0.4) is 0 Å². The van der Waals surface area contributed by atoms with Crippen molar-refractivity contribution < 1.29 is 4.74 Å². The second-order valence-electron chi connectivity index (χ2n) is 5.35. The smallest absolute Gasteiger partial charge is 0.159 e. The van der Waals surface area contributed by atoms with Crippen LogP contribution >= 0.6 is 47.8 Å². The Morgan fingerprint density at radius 3 is 1.86 bits per heavy atom. The van der Waals surface area contributed by atoms with Gasteiger partial charge in [0, 0.05) is 0 Å². The van der Waals surface area contributed by atoms with Gasteiger partial charge in [-0.05, 0) is 24.1 Å². The molecule has 0 fully saturated rings. The lowest BCUT2D eigenvalue weighted by atomic mass is 10.1. The second kappa shape index (κ2) is 11.1. The van der Waals surface area contributed by atoms with Gasteiger partial charge in [-0.3, -0.25) is 0 Å². The molecule has 0 saturated heterocycles. The fraction of sp³-hybridized carbons (Fsp3) is 0.647. The highest BCUT2D eigenvalue weighted by Gasteiger charge is 2.20. The van der Waals surface area contributed by atoms with Gasteiger partial charge in [-0.2, -0.15) is 0 Å². The molecule has 0 aliphatic carbocycles. The Hall–Kier alpha value is 0.460. The molecule has 1 rings (SSSR count). The van der Waals surface area contributed by atoms with Crippen LogP contribution in [-0.2, 0) is 2.14 Å². The monoisotopic (exact) mass is 482 g/mol. The first-order valence-corrected chi connectivity index (χ1v) is 10.2. The predicted octanol–water partition coefficient (Wildman–Crippen LogP) is 7.50. The maximum absolute atomic E-state index is 5.77. The van der Waals surface area contributed by atoms with Crippen molar-refractivity contribution in [2.24, 2.45) is 0 Å². The van der Waals surface area contributed by atoms with Gasteiger partial charge in [0.2, 0.25) is 0 Å². The fourth-order valence-electron chi connectivity index (χ4n) is 2.17. The molecule has 0 aromatic heterocycles. The number of hydrogen-bond acceptors (Lipinski definition) is 1. The van der Waals surface area contributed by atoms with Crippen molar-refractivity contribution in [1.29, 1.82) is 0 Å². The number of alkyl halides is 3. The van der Waals surface area contributed by atoms with Crippen molar-refractivity contribution in [2.45, 2.75) is 60.4 Å². The predicted molar refractivity (Wildman–Crippen MR) is 103 cm³/mol. The number of benzene rings is 1. The summed E-state index contributed by atoms with van der Waals surface area (Å²) in [7, 11) is 0. The van der Waals surface area contributed by atoms with Crippen LogP contribution in [0.4, 0.5) is 0 Å². The fourth-order valence-corrected chi connectivity index (χ4v) is 2.96. The molecule has 0 spiro atoms. The average molecular weight is 485 g/mol. The third-order valence-corrected chi connectivity index (χ3v) is 4.82.